The SMILES string of the molecule is CCCN(CC)c1ccc(-c2csc(NC(C)CC)n2)cc1. The van der Waals surface area contributed by atoms with Gasteiger partial charge in [0.2, 0.25) is 0 Å². The molecule has 22 heavy (non-hydrogen) atoms. The molecule has 1 aromatic carbocycles. The molecule has 2 aromatic rings. The van der Waals surface area contributed by atoms with Crippen molar-refractivity contribution in [3.63, 3.8) is 0 Å². The molecule has 2 rings (SSSR count). The number of benzene rings is 1. The van der Waals surface area contributed by atoms with Gasteiger partial charge in [0, 0.05) is 35.8 Å². The maximum Gasteiger partial charge on any atom is 0.183 e. The van der Waals surface area contributed by atoms with Gasteiger partial charge in [0.15, 0.2) is 5.13 Å². The molecule has 1 atom stereocenters. The molecule has 0 fully saturated rings. The van der Waals surface area contributed by atoms with Crippen molar-refractivity contribution < 1.29 is 0 Å². The average molecular weight is 318 g/mol. The molecule has 1 unspecified atom stereocenters. The van der Waals surface area contributed by atoms with Crippen LogP contribution < -0.4 is 10.2 Å². The summed E-state index contributed by atoms with van der Waals surface area (Å²) < 4.78 is 0. The van der Waals surface area contributed by atoms with Crippen LogP contribution in [0.1, 0.15) is 40.5 Å². The smallest absolute Gasteiger partial charge is 0.183 e. The average Bonchev–Trinajstić information content (AvgIpc) is 3.01. The zero-order chi connectivity index (χ0) is 15.9. The quantitative estimate of drug-likeness (QED) is 0.720. The second-order valence-corrected chi connectivity index (χ2v) is 6.48. The predicted octanol–water partition coefficient (Wildman–Crippen LogP) is 5.26. The molecule has 0 spiro atoms. The third kappa shape index (κ3) is 4.23. The summed E-state index contributed by atoms with van der Waals surface area (Å²) in [5, 5.41) is 6.57. The minimum atomic E-state index is 0.466. The van der Waals surface area contributed by atoms with Crippen LogP contribution in [0.3, 0.4) is 0 Å². The predicted molar refractivity (Wildman–Crippen MR) is 99.1 cm³/mol. The van der Waals surface area contributed by atoms with E-state index in [0.717, 1.165) is 30.3 Å². The lowest BCUT2D eigenvalue weighted by atomic mass is 10.1. The molecule has 0 saturated heterocycles. The molecule has 4 heteroatoms. The Labute approximate surface area is 138 Å². The van der Waals surface area contributed by atoms with E-state index in [1.54, 1.807) is 11.3 Å². The Morgan fingerprint density at radius 3 is 2.50 bits per heavy atom. The molecule has 0 bridgehead atoms. The molecule has 0 saturated carbocycles. The minimum Gasteiger partial charge on any atom is -0.372 e. The van der Waals surface area contributed by atoms with E-state index < -0.39 is 0 Å². The van der Waals surface area contributed by atoms with Crippen molar-refractivity contribution in [2.24, 2.45) is 0 Å². The molecule has 1 N–H and O–H groups in total. The van der Waals surface area contributed by atoms with Crippen LogP contribution in [0.4, 0.5) is 10.8 Å². The highest BCUT2D eigenvalue weighted by molar-refractivity contribution is 7.14. The number of anilines is 2. The fourth-order valence-corrected chi connectivity index (χ4v) is 3.20. The van der Waals surface area contributed by atoms with Crippen LogP contribution in [-0.2, 0) is 0 Å². The Morgan fingerprint density at radius 1 is 1.18 bits per heavy atom. The summed E-state index contributed by atoms with van der Waals surface area (Å²) in [4.78, 5) is 7.10. The summed E-state index contributed by atoms with van der Waals surface area (Å²) in [5.74, 6) is 0. The van der Waals surface area contributed by atoms with Crippen LogP contribution in [-0.4, -0.2) is 24.1 Å². The van der Waals surface area contributed by atoms with Gasteiger partial charge in [-0.05, 0) is 38.8 Å². The van der Waals surface area contributed by atoms with Crippen molar-refractivity contribution in [2.75, 3.05) is 23.3 Å². The van der Waals surface area contributed by atoms with Crippen LogP contribution in [0.5, 0.6) is 0 Å². The second-order valence-electron chi connectivity index (χ2n) is 5.62. The van der Waals surface area contributed by atoms with Crippen molar-refractivity contribution in [1.29, 1.82) is 0 Å². The van der Waals surface area contributed by atoms with Gasteiger partial charge in [0.1, 0.15) is 0 Å². The van der Waals surface area contributed by atoms with Gasteiger partial charge in [0.25, 0.3) is 0 Å². The number of nitrogens with one attached hydrogen (secondary N) is 1. The first-order chi connectivity index (χ1) is 10.7. The van der Waals surface area contributed by atoms with Gasteiger partial charge in [0.05, 0.1) is 5.69 Å². The van der Waals surface area contributed by atoms with E-state index in [9.17, 15) is 0 Å². The molecule has 0 amide bonds. The normalized spacial score (nSPS) is 12.2. The van der Waals surface area contributed by atoms with Crippen LogP contribution in [0.15, 0.2) is 29.6 Å². The van der Waals surface area contributed by atoms with Crippen molar-refractivity contribution in [1.82, 2.24) is 4.98 Å². The standard InChI is InChI=1S/C18H27N3S/c1-5-12-21(7-3)16-10-8-15(9-11-16)17-13-22-18(20-17)19-14(4)6-2/h8-11,13-14H,5-7,12H2,1-4H3,(H,19,20). The van der Waals surface area contributed by atoms with Crippen molar-refractivity contribution in [3.05, 3.63) is 29.6 Å². The third-order valence-electron chi connectivity index (χ3n) is 3.89. The third-order valence-corrected chi connectivity index (χ3v) is 4.66. The fourth-order valence-electron chi connectivity index (χ4n) is 2.37. The highest BCUT2D eigenvalue weighted by Gasteiger charge is 2.08. The van der Waals surface area contributed by atoms with E-state index in [2.05, 4.69) is 67.6 Å². The molecular formula is C18H27N3S. The molecule has 1 heterocycles. The first kappa shape index (κ1) is 16.8. The minimum absolute atomic E-state index is 0.466. The van der Waals surface area contributed by atoms with E-state index in [1.165, 1.54) is 17.7 Å². The Morgan fingerprint density at radius 2 is 1.91 bits per heavy atom. The zero-order valence-electron chi connectivity index (χ0n) is 14.1. The Bertz CT molecular complexity index is 562. The fraction of sp³-hybridized carbons (Fsp3) is 0.500. The second kappa shape index (κ2) is 8.18. The summed E-state index contributed by atoms with van der Waals surface area (Å²) >= 11 is 1.68. The summed E-state index contributed by atoms with van der Waals surface area (Å²) in [6.07, 6.45) is 2.28. The summed E-state index contributed by atoms with van der Waals surface area (Å²) in [5.41, 5.74) is 3.53. The highest BCUT2D eigenvalue weighted by atomic mass is 32.1. The number of thiazole rings is 1. The van der Waals surface area contributed by atoms with E-state index in [1.807, 2.05) is 0 Å². The molecule has 3 nitrogen and oxygen atoms in total. The first-order valence-corrected chi connectivity index (χ1v) is 9.13. The highest BCUT2D eigenvalue weighted by Crippen LogP contribution is 2.27. The summed E-state index contributed by atoms with van der Waals surface area (Å²) in [6, 6.07) is 9.23. The first-order valence-electron chi connectivity index (χ1n) is 8.25. The maximum atomic E-state index is 4.69. The largest absolute Gasteiger partial charge is 0.372 e. The van der Waals surface area contributed by atoms with E-state index in [-0.39, 0.29) is 0 Å². The lowest BCUT2D eigenvalue weighted by Gasteiger charge is -2.22. The number of hydrogen-bond acceptors (Lipinski definition) is 4. The van der Waals surface area contributed by atoms with Crippen molar-refractivity contribution in [3.8, 4) is 11.3 Å². The van der Waals surface area contributed by atoms with Gasteiger partial charge in [-0.25, -0.2) is 4.98 Å². The van der Waals surface area contributed by atoms with Gasteiger partial charge in [-0.15, -0.1) is 11.3 Å². The van der Waals surface area contributed by atoms with Crippen molar-refractivity contribution >= 4 is 22.2 Å². The molecule has 0 aliphatic carbocycles. The van der Waals surface area contributed by atoms with Crippen LogP contribution in [0, 0.1) is 0 Å². The molecule has 1 aromatic heterocycles. The van der Waals surface area contributed by atoms with Crippen LogP contribution in [0.25, 0.3) is 11.3 Å². The lowest BCUT2D eigenvalue weighted by molar-refractivity contribution is 0.763. The number of aromatic nitrogens is 1. The van der Waals surface area contributed by atoms with Crippen LogP contribution >= 0.6 is 11.3 Å². The number of rotatable bonds is 8. The van der Waals surface area contributed by atoms with E-state index in [0.29, 0.717) is 6.04 Å². The van der Waals surface area contributed by atoms with Gasteiger partial charge < -0.3 is 10.2 Å². The Hall–Kier alpha value is -1.55. The lowest BCUT2D eigenvalue weighted by Crippen LogP contribution is -2.23. The van der Waals surface area contributed by atoms with Gasteiger partial charge in [-0.1, -0.05) is 26.0 Å². The maximum absolute atomic E-state index is 4.69. The number of nitrogens with zero attached hydrogens (tertiary/aromatic N) is 2. The van der Waals surface area contributed by atoms with Crippen LogP contribution in [0.2, 0.25) is 0 Å². The van der Waals surface area contributed by atoms with E-state index >= 15 is 0 Å². The Balaban J connectivity index is 2.10. The molecule has 0 radical (unpaired) electrons. The topological polar surface area (TPSA) is 28.2 Å². The molecule has 0 aliphatic heterocycles. The monoisotopic (exact) mass is 317 g/mol. The van der Waals surface area contributed by atoms with Gasteiger partial charge >= 0.3 is 0 Å². The van der Waals surface area contributed by atoms with Crippen molar-refractivity contribution in [2.45, 2.75) is 46.6 Å². The molecular weight excluding hydrogens is 290 g/mol. The molecule has 120 valence electrons. The number of hydrogen-bond donors (Lipinski definition) is 1. The Kier molecular flexibility index (Phi) is 6.25. The zero-order valence-corrected chi connectivity index (χ0v) is 14.9. The van der Waals surface area contributed by atoms with E-state index in [4.69, 9.17) is 4.98 Å². The van der Waals surface area contributed by atoms with Gasteiger partial charge in [-0.3, -0.25) is 0 Å². The summed E-state index contributed by atoms with van der Waals surface area (Å²) in [6.45, 7) is 10.9. The summed E-state index contributed by atoms with van der Waals surface area (Å²) in [7, 11) is 0. The molecule has 0 aliphatic rings. The van der Waals surface area contributed by atoms with Gasteiger partial charge in [-0.2, -0.15) is 0 Å².